The topological polar surface area (TPSA) is 80.9 Å². The van der Waals surface area contributed by atoms with Gasteiger partial charge in [-0.2, -0.15) is 4.98 Å². The van der Waals surface area contributed by atoms with Gasteiger partial charge in [-0.3, -0.25) is 9.78 Å². The number of hydrogen-bond donors (Lipinski definition) is 1. The van der Waals surface area contributed by atoms with Gasteiger partial charge in [0, 0.05) is 29.1 Å². The van der Waals surface area contributed by atoms with E-state index in [0.717, 1.165) is 54.1 Å². The molecule has 0 unspecified atom stereocenters. The molecular weight excluding hydrogens is 340 g/mol. The van der Waals surface area contributed by atoms with Crippen LogP contribution in [0.3, 0.4) is 0 Å². The van der Waals surface area contributed by atoms with E-state index in [9.17, 15) is 4.79 Å². The number of amides is 1. The lowest BCUT2D eigenvalue weighted by Gasteiger charge is -2.13. The molecular formula is C21H20N4O2. The van der Waals surface area contributed by atoms with Crippen molar-refractivity contribution >= 4 is 11.6 Å². The van der Waals surface area contributed by atoms with Crippen LogP contribution in [0.1, 0.15) is 53.8 Å². The SMILES string of the molecule is Cc1cc(NC(=O)[C@H]2CCc3cc(-c4noc(C5CC5)n4)ccc32)ccn1. The number of nitrogens with zero attached hydrogens (tertiary/aromatic N) is 3. The molecule has 3 aromatic rings. The van der Waals surface area contributed by atoms with E-state index in [4.69, 9.17) is 4.52 Å². The number of hydrogen-bond acceptors (Lipinski definition) is 5. The number of nitrogens with one attached hydrogen (secondary N) is 1. The monoisotopic (exact) mass is 360 g/mol. The van der Waals surface area contributed by atoms with Gasteiger partial charge >= 0.3 is 0 Å². The predicted octanol–water partition coefficient (Wildman–Crippen LogP) is 3.99. The summed E-state index contributed by atoms with van der Waals surface area (Å²) in [7, 11) is 0. The number of rotatable bonds is 4. The van der Waals surface area contributed by atoms with Crippen LogP contribution in [0, 0.1) is 6.92 Å². The van der Waals surface area contributed by atoms with Crippen LogP contribution < -0.4 is 5.32 Å². The van der Waals surface area contributed by atoms with Gasteiger partial charge in [-0.05, 0) is 61.9 Å². The zero-order valence-corrected chi connectivity index (χ0v) is 15.1. The van der Waals surface area contributed by atoms with Crippen molar-refractivity contribution in [2.45, 2.75) is 44.4 Å². The predicted molar refractivity (Wildman–Crippen MR) is 100 cm³/mol. The first-order valence-corrected chi connectivity index (χ1v) is 9.38. The lowest BCUT2D eigenvalue weighted by Crippen LogP contribution is -2.19. The van der Waals surface area contributed by atoms with E-state index in [2.05, 4.69) is 26.5 Å². The maximum absolute atomic E-state index is 12.8. The van der Waals surface area contributed by atoms with Crippen LogP contribution in [-0.2, 0) is 11.2 Å². The number of pyridine rings is 1. The van der Waals surface area contributed by atoms with Gasteiger partial charge in [0.25, 0.3) is 0 Å². The zero-order valence-electron chi connectivity index (χ0n) is 15.1. The van der Waals surface area contributed by atoms with Crippen LogP contribution in [-0.4, -0.2) is 21.0 Å². The summed E-state index contributed by atoms with van der Waals surface area (Å²) in [6.07, 6.45) is 5.68. The molecule has 27 heavy (non-hydrogen) atoms. The molecule has 0 bridgehead atoms. The Morgan fingerprint density at radius 1 is 1.19 bits per heavy atom. The molecule has 6 nitrogen and oxygen atoms in total. The van der Waals surface area contributed by atoms with Crippen LogP contribution >= 0.6 is 0 Å². The fourth-order valence-electron chi connectivity index (χ4n) is 3.73. The molecule has 1 amide bonds. The van der Waals surface area contributed by atoms with Crippen molar-refractivity contribution in [1.29, 1.82) is 0 Å². The van der Waals surface area contributed by atoms with Gasteiger partial charge in [-0.25, -0.2) is 0 Å². The molecule has 1 fully saturated rings. The average Bonchev–Trinajstić information content (AvgIpc) is 3.24. The summed E-state index contributed by atoms with van der Waals surface area (Å²) in [5, 5.41) is 7.14. The number of benzene rings is 1. The minimum atomic E-state index is -0.130. The van der Waals surface area contributed by atoms with E-state index >= 15 is 0 Å². The molecule has 2 aliphatic rings. The number of anilines is 1. The van der Waals surface area contributed by atoms with Gasteiger partial charge in [0.2, 0.25) is 17.6 Å². The van der Waals surface area contributed by atoms with E-state index < -0.39 is 0 Å². The van der Waals surface area contributed by atoms with E-state index in [1.807, 2.05) is 31.2 Å². The lowest BCUT2D eigenvalue weighted by molar-refractivity contribution is -0.117. The molecule has 5 rings (SSSR count). The van der Waals surface area contributed by atoms with E-state index in [1.165, 1.54) is 5.56 Å². The van der Waals surface area contributed by atoms with Crippen molar-refractivity contribution in [1.82, 2.24) is 15.1 Å². The van der Waals surface area contributed by atoms with Gasteiger partial charge in [0.1, 0.15) is 0 Å². The smallest absolute Gasteiger partial charge is 0.231 e. The third-order valence-electron chi connectivity index (χ3n) is 5.33. The Labute approximate surface area is 157 Å². The zero-order chi connectivity index (χ0) is 18.4. The first kappa shape index (κ1) is 16.2. The van der Waals surface area contributed by atoms with Crippen LogP contribution in [0.5, 0.6) is 0 Å². The van der Waals surface area contributed by atoms with Gasteiger partial charge in [-0.15, -0.1) is 0 Å². The molecule has 1 saturated carbocycles. The first-order chi connectivity index (χ1) is 13.2. The summed E-state index contributed by atoms with van der Waals surface area (Å²) in [4.78, 5) is 21.4. The highest BCUT2D eigenvalue weighted by molar-refractivity contribution is 5.96. The summed E-state index contributed by atoms with van der Waals surface area (Å²) in [6.45, 7) is 1.91. The van der Waals surface area contributed by atoms with Gasteiger partial charge in [0.15, 0.2) is 0 Å². The highest BCUT2D eigenvalue weighted by Gasteiger charge is 2.31. The minimum Gasteiger partial charge on any atom is -0.339 e. The third-order valence-corrected chi connectivity index (χ3v) is 5.33. The molecule has 0 radical (unpaired) electrons. The maximum Gasteiger partial charge on any atom is 0.231 e. The van der Waals surface area contributed by atoms with Crippen LogP contribution in [0.25, 0.3) is 11.4 Å². The molecule has 1 aromatic carbocycles. The summed E-state index contributed by atoms with van der Waals surface area (Å²) >= 11 is 0. The van der Waals surface area contributed by atoms with E-state index in [1.54, 1.807) is 6.20 Å². The van der Waals surface area contributed by atoms with Crippen molar-refractivity contribution in [2.24, 2.45) is 0 Å². The second-order valence-electron chi connectivity index (χ2n) is 7.41. The van der Waals surface area contributed by atoms with Gasteiger partial charge < -0.3 is 9.84 Å². The Morgan fingerprint density at radius 2 is 2.07 bits per heavy atom. The summed E-state index contributed by atoms with van der Waals surface area (Å²) in [5.41, 5.74) is 4.91. The van der Waals surface area contributed by atoms with E-state index in [-0.39, 0.29) is 11.8 Å². The van der Waals surface area contributed by atoms with Crippen molar-refractivity contribution in [2.75, 3.05) is 5.32 Å². The largest absolute Gasteiger partial charge is 0.339 e. The summed E-state index contributed by atoms with van der Waals surface area (Å²) in [6, 6.07) is 9.82. The van der Waals surface area contributed by atoms with Crippen molar-refractivity contribution < 1.29 is 9.32 Å². The highest BCUT2D eigenvalue weighted by atomic mass is 16.5. The van der Waals surface area contributed by atoms with E-state index in [0.29, 0.717) is 11.7 Å². The standard InChI is InChI=1S/C21H20N4O2/c1-12-10-16(8-9-22-12)23-20(26)18-7-4-14-11-15(5-6-17(14)18)19-24-21(27-25-19)13-2-3-13/h5-6,8-11,13,18H,2-4,7H2,1H3,(H,22,23,26)/t18-/m0/s1. The number of fused-ring (bicyclic) bond motifs is 1. The maximum atomic E-state index is 12.8. The molecule has 2 aliphatic carbocycles. The van der Waals surface area contributed by atoms with Crippen molar-refractivity contribution in [3.8, 4) is 11.4 Å². The average molecular weight is 360 g/mol. The second-order valence-corrected chi connectivity index (χ2v) is 7.41. The molecule has 2 aromatic heterocycles. The molecule has 0 aliphatic heterocycles. The molecule has 2 heterocycles. The Bertz CT molecular complexity index is 1020. The number of aryl methyl sites for hydroxylation is 2. The van der Waals surface area contributed by atoms with Crippen LogP contribution in [0.15, 0.2) is 41.1 Å². The summed E-state index contributed by atoms with van der Waals surface area (Å²) < 4.78 is 5.37. The van der Waals surface area contributed by atoms with Crippen LogP contribution in [0.2, 0.25) is 0 Å². The highest BCUT2D eigenvalue weighted by Crippen LogP contribution is 2.40. The number of carbonyl (C=O) groups is 1. The summed E-state index contributed by atoms with van der Waals surface area (Å²) in [5.74, 6) is 1.73. The third kappa shape index (κ3) is 3.12. The quantitative estimate of drug-likeness (QED) is 0.761. The van der Waals surface area contributed by atoms with Crippen LogP contribution in [0.4, 0.5) is 5.69 Å². The first-order valence-electron chi connectivity index (χ1n) is 9.38. The minimum absolute atomic E-state index is 0.0303. The molecule has 1 atom stereocenters. The fourth-order valence-corrected chi connectivity index (χ4v) is 3.73. The van der Waals surface area contributed by atoms with Gasteiger partial charge in [-0.1, -0.05) is 17.3 Å². The van der Waals surface area contributed by atoms with Crippen molar-refractivity contribution in [3.63, 3.8) is 0 Å². The second kappa shape index (κ2) is 6.30. The molecule has 0 spiro atoms. The Hall–Kier alpha value is -3.02. The molecule has 1 N–H and O–H groups in total. The Morgan fingerprint density at radius 3 is 2.89 bits per heavy atom. The molecule has 136 valence electrons. The van der Waals surface area contributed by atoms with Crippen molar-refractivity contribution in [3.05, 3.63) is 59.2 Å². The fraction of sp³-hybridized carbons (Fsp3) is 0.333. The Kier molecular flexibility index (Phi) is 3.77. The number of carbonyl (C=O) groups excluding carboxylic acids is 1. The normalized spacial score (nSPS) is 18.3. The Balaban J connectivity index is 1.36. The molecule has 6 heteroatoms. The molecule has 0 saturated heterocycles. The van der Waals surface area contributed by atoms with Gasteiger partial charge in [0.05, 0.1) is 5.92 Å². The lowest BCUT2D eigenvalue weighted by atomic mass is 9.98. The number of aromatic nitrogens is 3.